The minimum atomic E-state index is -3.01. The van der Waals surface area contributed by atoms with Gasteiger partial charge in [-0.2, -0.15) is 8.78 Å². The Morgan fingerprint density at radius 3 is 2.54 bits per heavy atom. The smallest absolute Gasteiger partial charge is 0.387 e. The van der Waals surface area contributed by atoms with E-state index in [-0.39, 0.29) is 48.2 Å². The van der Waals surface area contributed by atoms with Gasteiger partial charge in [0.25, 0.3) is 0 Å². The fourth-order valence-electron chi connectivity index (χ4n) is 3.98. The predicted molar refractivity (Wildman–Crippen MR) is 120 cm³/mol. The third-order valence-corrected chi connectivity index (χ3v) is 5.50. The molecule has 2 aromatic rings. The number of carbonyl (C=O) groups is 3. The number of nitrogens with one attached hydrogen (secondary N) is 1. The zero-order valence-electron chi connectivity index (χ0n) is 19.5. The lowest BCUT2D eigenvalue weighted by Crippen LogP contribution is -2.45. The number of halogens is 2. The Hall–Kier alpha value is -3.76. The van der Waals surface area contributed by atoms with Gasteiger partial charge in [-0.1, -0.05) is 12.1 Å². The van der Waals surface area contributed by atoms with E-state index in [1.54, 1.807) is 32.0 Å². The van der Waals surface area contributed by atoms with Crippen molar-refractivity contribution in [2.75, 3.05) is 6.54 Å². The Balaban J connectivity index is 1.76. The molecule has 2 N–H and O–H groups in total. The Bertz CT molecular complexity index is 1090. The molecular formula is C24H27F2N3O6. The summed E-state index contributed by atoms with van der Waals surface area (Å²) in [6, 6.07) is 8.33. The lowest BCUT2D eigenvalue weighted by atomic mass is 9.95. The normalized spacial score (nSPS) is 17.5. The van der Waals surface area contributed by atoms with Crippen LogP contribution in [0.4, 0.5) is 8.78 Å². The quantitative estimate of drug-likeness (QED) is 0.553. The number of ether oxygens (including phenoxy) is 2. The number of pyridine rings is 1. The van der Waals surface area contributed by atoms with Crippen LogP contribution in [-0.4, -0.2) is 58.1 Å². The molecule has 1 aliphatic heterocycles. The molecule has 1 saturated heterocycles. The van der Waals surface area contributed by atoms with Crippen LogP contribution in [0, 0.1) is 0 Å². The first-order valence-corrected chi connectivity index (χ1v) is 11.0. The average molecular weight is 491 g/mol. The molecule has 1 aliphatic rings. The van der Waals surface area contributed by atoms with Gasteiger partial charge >= 0.3 is 12.6 Å². The maximum Gasteiger partial charge on any atom is 0.387 e. The monoisotopic (exact) mass is 491 g/mol. The summed E-state index contributed by atoms with van der Waals surface area (Å²) < 4.78 is 35.7. The Morgan fingerprint density at radius 1 is 1.17 bits per heavy atom. The number of alkyl halides is 2. The zero-order valence-corrected chi connectivity index (χ0v) is 19.5. The molecule has 35 heavy (non-hydrogen) atoms. The number of hydrogen-bond donors (Lipinski definition) is 2. The van der Waals surface area contributed by atoms with E-state index in [1.807, 2.05) is 0 Å². The molecule has 11 heteroatoms. The van der Waals surface area contributed by atoms with Crippen molar-refractivity contribution >= 4 is 17.8 Å². The van der Waals surface area contributed by atoms with Crippen LogP contribution in [0.15, 0.2) is 36.4 Å². The van der Waals surface area contributed by atoms with Gasteiger partial charge < -0.3 is 24.8 Å². The van der Waals surface area contributed by atoms with Crippen LogP contribution in [0.1, 0.15) is 54.9 Å². The standard InChI is InChI=1S/C24H27F2N3O6/c1-13(2)34-21-10-15(7-8-20(21)35-24(25)26)16-9-19(29(12-16)14(3)30)22(31)27-11-17-5-4-6-18(28-17)23(32)33/h4-8,10,13,16,19,24H,9,11-12H2,1-3H3,(H,27,31)(H,32,33)/t16?,19-/m1/s1. The molecule has 3 rings (SSSR count). The fourth-order valence-corrected chi connectivity index (χ4v) is 3.98. The zero-order chi connectivity index (χ0) is 25.7. The molecule has 2 amide bonds. The number of carboxylic acid groups (broad SMARTS) is 1. The van der Waals surface area contributed by atoms with Gasteiger partial charge in [-0.25, -0.2) is 9.78 Å². The average Bonchev–Trinajstić information content (AvgIpc) is 3.24. The third kappa shape index (κ3) is 6.65. The molecule has 0 bridgehead atoms. The molecular weight excluding hydrogens is 464 g/mol. The van der Waals surface area contributed by atoms with Crippen molar-refractivity contribution in [1.29, 1.82) is 0 Å². The highest BCUT2D eigenvalue weighted by Gasteiger charge is 2.39. The van der Waals surface area contributed by atoms with E-state index in [4.69, 9.17) is 9.84 Å². The minimum Gasteiger partial charge on any atom is -0.487 e. The topological polar surface area (TPSA) is 118 Å². The molecule has 1 aromatic carbocycles. The highest BCUT2D eigenvalue weighted by Crippen LogP contribution is 2.38. The van der Waals surface area contributed by atoms with Gasteiger partial charge in [0.2, 0.25) is 11.8 Å². The largest absolute Gasteiger partial charge is 0.487 e. The number of nitrogens with zero attached hydrogens (tertiary/aromatic N) is 2. The van der Waals surface area contributed by atoms with Crippen molar-refractivity contribution in [3.8, 4) is 11.5 Å². The second kappa shape index (κ2) is 11.1. The summed E-state index contributed by atoms with van der Waals surface area (Å²) in [6.45, 7) is 2.14. The van der Waals surface area contributed by atoms with Crippen LogP contribution in [-0.2, 0) is 16.1 Å². The van der Waals surface area contributed by atoms with Gasteiger partial charge in [0.1, 0.15) is 11.7 Å². The van der Waals surface area contributed by atoms with E-state index in [0.29, 0.717) is 12.1 Å². The number of carboxylic acids is 1. The number of carbonyl (C=O) groups excluding carboxylic acids is 2. The molecule has 0 saturated carbocycles. The van der Waals surface area contributed by atoms with Gasteiger partial charge in [0.05, 0.1) is 18.3 Å². The van der Waals surface area contributed by atoms with Gasteiger partial charge in [-0.15, -0.1) is 0 Å². The van der Waals surface area contributed by atoms with E-state index in [9.17, 15) is 23.2 Å². The summed E-state index contributed by atoms with van der Waals surface area (Å²) in [4.78, 5) is 41.7. The molecule has 1 unspecified atom stereocenters. The summed E-state index contributed by atoms with van der Waals surface area (Å²) >= 11 is 0. The van der Waals surface area contributed by atoms with Crippen LogP contribution >= 0.6 is 0 Å². The van der Waals surface area contributed by atoms with Crippen LogP contribution in [0.3, 0.4) is 0 Å². The van der Waals surface area contributed by atoms with Gasteiger partial charge in [0, 0.05) is 19.4 Å². The van der Waals surface area contributed by atoms with Crippen molar-refractivity contribution in [3.63, 3.8) is 0 Å². The first kappa shape index (κ1) is 25.9. The van der Waals surface area contributed by atoms with Gasteiger partial charge in [-0.3, -0.25) is 9.59 Å². The lowest BCUT2D eigenvalue weighted by molar-refractivity contribution is -0.136. The molecule has 1 aromatic heterocycles. The highest BCUT2D eigenvalue weighted by atomic mass is 19.3. The summed E-state index contributed by atoms with van der Waals surface area (Å²) in [7, 11) is 0. The molecule has 1 fully saturated rings. The Kier molecular flexibility index (Phi) is 8.21. The Labute approximate surface area is 201 Å². The number of aromatic carboxylic acids is 1. The number of hydrogen-bond acceptors (Lipinski definition) is 6. The summed E-state index contributed by atoms with van der Waals surface area (Å²) in [5.41, 5.74) is 0.952. The number of likely N-dealkylation sites (tertiary alicyclic amines) is 1. The van der Waals surface area contributed by atoms with Gasteiger partial charge in [-0.05, 0) is 50.1 Å². The molecule has 188 valence electrons. The van der Waals surface area contributed by atoms with Crippen LogP contribution in [0.25, 0.3) is 0 Å². The van der Waals surface area contributed by atoms with Crippen molar-refractivity contribution in [2.24, 2.45) is 0 Å². The molecule has 2 atom stereocenters. The van der Waals surface area contributed by atoms with Crippen LogP contribution < -0.4 is 14.8 Å². The van der Waals surface area contributed by atoms with Crippen LogP contribution in [0.5, 0.6) is 11.5 Å². The fraction of sp³-hybridized carbons (Fsp3) is 0.417. The number of rotatable bonds is 9. The maximum absolute atomic E-state index is 12.9. The number of amides is 2. The van der Waals surface area contributed by atoms with E-state index in [1.165, 1.54) is 30.0 Å². The van der Waals surface area contributed by atoms with Crippen molar-refractivity contribution < 1.29 is 37.7 Å². The molecule has 0 spiro atoms. The second-order valence-corrected chi connectivity index (χ2v) is 8.41. The maximum atomic E-state index is 12.9. The molecule has 0 aliphatic carbocycles. The first-order chi connectivity index (χ1) is 16.5. The minimum absolute atomic E-state index is 0.00109. The number of aromatic nitrogens is 1. The van der Waals surface area contributed by atoms with Crippen molar-refractivity contribution in [3.05, 3.63) is 53.3 Å². The van der Waals surface area contributed by atoms with Crippen molar-refractivity contribution in [2.45, 2.75) is 58.4 Å². The van der Waals surface area contributed by atoms with Crippen molar-refractivity contribution in [1.82, 2.24) is 15.2 Å². The van der Waals surface area contributed by atoms with Gasteiger partial charge in [0.15, 0.2) is 11.5 Å². The first-order valence-electron chi connectivity index (χ1n) is 11.0. The highest BCUT2D eigenvalue weighted by molar-refractivity contribution is 5.88. The SMILES string of the molecule is CC(=O)N1CC(c2ccc(OC(F)F)c(OC(C)C)c2)C[C@@H]1C(=O)NCc1cccc(C(=O)O)n1. The van der Waals surface area contributed by atoms with E-state index in [2.05, 4.69) is 15.0 Å². The Morgan fingerprint density at radius 2 is 1.91 bits per heavy atom. The summed E-state index contributed by atoms with van der Waals surface area (Å²) in [6.07, 6.45) is 0.0267. The third-order valence-electron chi connectivity index (χ3n) is 5.50. The second-order valence-electron chi connectivity index (χ2n) is 8.41. The van der Waals surface area contributed by atoms with E-state index >= 15 is 0 Å². The molecule has 9 nitrogen and oxygen atoms in total. The lowest BCUT2D eigenvalue weighted by Gasteiger charge is -2.22. The van der Waals surface area contributed by atoms with E-state index < -0.39 is 24.5 Å². The number of benzene rings is 1. The van der Waals surface area contributed by atoms with Crippen LogP contribution in [0.2, 0.25) is 0 Å². The summed E-state index contributed by atoms with van der Waals surface area (Å²) in [5, 5.41) is 11.8. The van der Waals surface area contributed by atoms with E-state index in [0.717, 1.165) is 5.56 Å². The molecule has 2 heterocycles. The summed E-state index contributed by atoms with van der Waals surface area (Å²) in [5.74, 6) is -2.03. The molecule has 0 radical (unpaired) electrons. The predicted octanol–water partition coefficient (Wildman–Crippen LogP) is 3.19.